The lowest BCUT2D eigenvalue weighted by molar-refractivity contribution is -0.0517. The average molecular weight is 442 g/mol. The van der Waals surface area contributed by atoms with Crippen LogP contribution in [-0.4, -0.2) is 41.9 Å². The number of benzene rings is 1. The molecule has 2 bridgehead atoms. The fourth-order valence-electron chi connectivity index (χ4n) is 4.93. The Bertz CT molecular complexity index is 1140. The van der Waals surface area contributed by atoms with Gasteiger partial charge in [0.15, 0.2) is 5.82 Å². The van der Waals surface area contributed by atoms with Gasteiger partial charge < -0.3 is 14.6 Å². The number of rotatable bonds is 3. The maximum absolute atomic E-state index is 13.4. The van der Waals surface area contributed by atoms with Gasteiger partial charge in [0.05, 0.1) is 5.02 Å². The van der Waals surface area contributed by atoms with E-state index in [1.54, 1.807) is 43.2 Å². The van der Waals surface area contributed by atoms with E-state index in [1.165, 1.54) is 0 Å². The minimum absolute atomic E-state index is 0.154. The minimum atomic E-state index is -0.552. The number of anilines is 1. The minimum Gasteiger partial charge on any atom is -0.423 e. The molecule has 3 aromatic rings. The molecule has 1 N–H and O–H groups in total. The number of amides is 2. The number of urea groups is 1. The molecular formula is C21H24ClN7O2. The summed E-state index contributed by atoms with van der Waals surface area (Å²) >= 11 is 6.36. The molecule has 0 radical (unpaired) electrons. The molecule has 31 heavy (non-hydrogen) atoms. The number of nitrogens with one attached hydrogen (secondary N) is 1. The van der Waals surface area contributed by atoms with Crippen LogP contribution in [0.25, 0.3) is 11.4 Å². The Kier molecular flexibility index (Phi) is 4.73. The predicted molar refractivity (Wildman–Crippen MR) is 114 cm³/mol. The molecule has 9 nitrogen and oxygen atoms in total. The maximum Gasteiger partial charge on any atom is 0.322 e. The predicted octanol–water partition coefficient (Wildman–Crippen LogP) is 4.15. The first kappa shape index (κ1) is 20.0. The normalized spacial score (nSPS) is 25.1. The number of carbonyl (C=O) groups is 1. The van der Waals surface area contributed by atoms with Gasteiger partial charge in [-0.05, 0) is 43.4 Å². The van der Waals surface area contributed by atoms with E-state index in [0.29, 0.717) is 39.8 Å². The molecule has 5 rings (SSSR count). The Morgan fingerprint density at radius 1 is 1.29 bits per heavy atom. The van der Waals surface area contributed by atoms with Crippen molar-refractivity contribution < 1.29 is 9.21 Å². The Balaban J connectivity index is 1.44. The molecule has 2 fully saturated rings. The van der Waals surface area contributed by atoms with E-state index in [2.05, 4.69) is 32.5 Å². The van der Waals surface area contributed by atoms with Gasteiger partial charge in [0.2, 0.25) is 11.8 Å². The van der Waals surface area contributed by atoms with Gasteiger partial charge in [-0.1, -0.05) is 18.5 Å². The van der Waals surface area contributed by atoms with Gasteiger partial charge in [-0.3, -0.25) is 4.68 Å². The van der Waals surface area contributed by atoms with Crippen LogP contribution in [-0.2, 0) is 12.6 Å². The molecule has 3 heterocycles. The molecule has 1 aliphatic heterocycles. The van der Waals surface area contributed by atoms with Crippen molar-refractivity contribution in [3.63, 3.8) is 0 Å². The standard InChI is InChI=1S/C21H24ClN7O2/c1-12-4-6-15-10-21(9-12,19-26-25-13(2)31-19)29(15)20(30)24-14-5-7-17(22)16(8-14)18-23-11-28(3)27-18/h5,7-8,11-12,15H,4,6,9-10H2,1-3H3,(H,24,30)/t12-,15?,21-/m0/s1. The topological polar surface area (TPSA) is 102 Å². The number of carbonyl (C=O) groups excluding carboxylic acids is 1. The molecular weight excluding hydrogens is 418 g/mol. The van der Waals surface area contributed by atoms with Crippen molar-refractivity contribution >= 4 is 23.3 Å². The number of hydrogen-bond acceptors (Lipinski definition) is 6. The third-order valence-corrected chi connectivity index (χ3v) is 6.61. The second-order valence-electron chi connectivity index (χ2n) is 8.64. The molecule has 2 aromatic heterocycles. The van der Waals surface area contributed by atoms with Crippen LogP contribution in [0.3, 0.4) is 0 Å². The van der Waals surface area contributed by atoms with E-state index in [9.17, 15) is 4.79 Å². The number of halogens is 1. The zero-order valence-electron chi connectivity index (χ0n) is 17.7. The van der Waals surface area contributed by atoms with Crippen LogP contribution >= 0.6 is 11.6 Å². The summed E-state index contributed by atoms with van der Waals surface area (Å²) in [5, 5.41) is 16.2. The van der Waals surface area contributed by atoms with Crippen LogP contribution in [0.2, 0.25) is 5.02 Å². The smallest absolute Gasteiger partial charge is 0.322 e. The van der Waals surface area contributed by atoms with Gasteiger partial charge in [0.1, 0.15) is 11.9 Å². The van der Waals surface area contributed by atoms with Gasteiger partial charge in [-0.15, -0.1) is 10.2 Å². The Hall–Kier alpha value is -2.94. The maximum atomic E-state index is 13.4. The number of aromatic nitrogens is 5. The second kappa shape index (κ2) is 7.33. The fraction of sp³-hybridized carbons (Fsp3) is 0.476. The van der Waals surface area contributed by atoms with E-state index in [1.807, 2.05) is 4.90 Å². The van der Waals surface area contributed by atoms with Gasteiger partial charge in [-0.2, -0.15) is 5.10 Å². The van der Waals surface area contributed by atoms with Crippen molar-refractivity contribution in [1.82, 2.24) is 29.9 Å². The molecule has 3 atom stereocenters. The highest BCUT2D eigenvalue weighted by atomic mass is 35.5. The van der Waals surface area contributed by atoms with Crippen LogP contribution in [0.1, 0.15) is 44.4 Å². The van der Waals surface area contributed by atoms with E-state index in [0.717, 1.165) is 25.7 Å². The van der Waals surface area contributed by atoms with Crippen LogP contribution in [0.15, 0.2) is 28.9 Å². The number of aryl methyl sites for hydroxylation is 2. The summed E-state index contributed by atoms with van der Waals surface area (Å²) in [6.07, 6.45) is 5.30. The van der Waals surface area contributed by atoms with Crippen molar-refractivity contribution in [2.45, 2.75) is 51.1 Å². The average Bonchev–Trinajstić information content (AvgIpc) is 3.25. The molecule has 1 aliphatic carbocycles. The lowest BCUT2D eigenvalue weighted by atomic mass is 9.75. The van der Waals surface area contributed by atoms with Crippen molar-refractivity contribution in [3.8, 4) is 11.4 Å². The Labute approximate surface area is 184 Å². The molecule has 0 spiro atoms. The second-order valence-corrected chi connectivity index (χ2v) is 9.05. The molecule has 162 valence electrons. The van der Waals surface area contributed by atoms with Crippen LogP contribution < -0.4 is 5.32 Å². The Morgan fingerprint density at radius 2 is 2.13 bits per heavy atom. The summed E-state index contributed by atoms with van der Waals surface area (Å²) in [4.78, 5) is 19.6. The fourth-order valence-corrected chi connectivity index (χ4v) is 5.13. The Morgan fingerprint density at radius 3 is 2.84 bits per heavy atom. The van der Waals surface area contributed by atoms with Crippen molar-refractivity contribution in [2.75, 3.05) is 5.32 Å². The van der Waals surface area contributed by atoms with Gasteiger partial charge >= 0.3 is 6.03 Å². The first-order valence-electron chi connectivity index (χ1n) is 10.4. The van der Waals surface area contributed by atoms with E-state index >= 15 is 0 Å². The third-order valence-electron chi connectivity index (χ3n) is 6.28. The number of likely N-dealkylation sites (tertiary alicyclic amines) is 1. The van der Waals surface area contributed by atoms with Crippen molar-refractivity contribution in [3.05, 3.63) is 41.3 Å². The molecule has 2 amide bonds. The summed E-state index contributed by atoms with van der Waals surface area (Å²) in [6, 6.07) is 5.29. The van der Waals surface area contributed by atoms with Crippen LogP contribution in [0.5, 0.6) is 0 Å². The highest BCUT2D eigenvalue weighted by molar-refractivity contribution is 6.33. The molecule has 2 aliphatic rings. The summed E-state index contributed by atoms with van der Waals surface area (Å²) in [5.41, 5.74) is 0.742. The van der Waals surface area contributed by atoms with Crippen molar-refractivity contribution in [2.24, 2.45) is 13.0 Å². The van der Waals surface area contributed by atoms with Crippen LogP contribution in [0.4, 0.5) is 10.5 Å². The van der Waals surface area contributed by atoms with E-state index < -0.39 is 5.54 Å². The van der Waals surface area contributed by atoms with E-state index in [4.69, 9.17) is 16.0 Å². The first-order chi connectivity index (χ1) is 14.9. The highest BCUT2D eigenvalue weighted by Crippen LogP contribution is 2.53. The largest absolute Gasteiger partial charge is 0.423 e. The summed E-state index contributed by atoms with van der Waals surface area (Å²) < 4.78 is 7.42. The number of hydrogen-bond donors (Lipinski definition) is 1. The highest BCUT2D eigenvalue weighted by Gasteiger charge is 2.60. The SMILES string of the molecule is Cc1nnc([C@@]23CC(CC[C@H](C)C2)N3C(=O)Nc2ccc(Cl)c(-c3ncn(C)n3)c2)o1. The monoisotopic (exact) mass is 441 g/mol. The molecule has 10 heteroatoms. The van der Waals surface area contributed by atoms with Gasteiger partial charge in [0.25, 0.3) is 0 Å². The lowest BCUT2D eigenvalue weighted by Crippen LogP contribution is -2.66. The molecule has 1 saturated carbocycles. The van der Waals surface area contributed by atoms with Crippen LogP contribution in [0, 0.1) is 12.8 Å². The summed E-state index contributed by atoms with van der Waals surface area (Å²) in [7, 11) is 1.79. The first-order valence-corrected chi connectivity index (χ1v) is 10.8. The lowest BCUT2D eigenvalue weighted by Gasteiger charge is -2.55. The third kappa shape index (κ3) is 3.37. The van der Waals surface area contributed by atoms with Crippen molar-refractivity contribution in [1.29, 1.82) is 0 Å². The quantitative estimate of drug-likeness (QED) is 0.655. The summed E-state index contributed by atoms with van der Waals surface area (Å²) in [6.45, 7) is 3.99. The number of fused-ring (bicyclic) bond motifs is 2. The number of nitrogens with zero attached hydrogens (tertiary/aromatic N) is 6. The van der Waals surface area contributed by atoms with Gasteiger partial charge in [-0.25, -0.2) is 9.78 Å². The van der Waals surface area contributed by atoms with Gasteiger partial charge in [0, 0.05) is 37.7 Å². The molecule has 1 aromatic carbocycles. The summed E-state index contributed by atoms with van der Waals surface area (Å²) in [5.74, 6) is 2.01. The zero-order valence-corrected chi connectivity index (χ0v) is 18.4. The van der Waals surface area contributed by atoms with E-state index in [-0.39, 0.29) is 12.1 Å². The zero-order chi connectivity index (χ0) is 21.8. The molecule has 1 saturated heterocycles. The molecule has 1 unspecified atom stereocenters.